The Balaban J connectivity index is 0. The molecule has 0 fully saturated rings. The standard InChI is InChI=1S/C5H9NO.C3H5NO/c1-3-5(7)6-4-2;1-2-3(4)5/h3H,1,4H2,2H3,(H,6,7);2H,1H2,(H2,4,5). The molecule has 0 rings (SSSR count). The van der Waals surface area contributed by atoms with Crippen molar-refractivity contribution in [3.8, 4) is 0 Å². The van der Waals surface area contributed by atoms with Crippen molar-refractivity contribution >= 4 is 11.8 Å². The Bertz CT molecular complexity index is 176. The first-order valence-corrected chi connectivity index (χ1v) is 3.40. The molecular weight excluding hydrogens is 156 g/mol. The van der Waals surface area contributed by atoms with E-state index in [0.717, 1.165) is 6.08 Å². The number of amides is 2. The molecule has 4 heteroatoms. The van der Waals surface area contributed by atoms with Crippen LogP contribution in [0.5, 0.6) is 0 Å². The summed E-state index contributed by atoms with van der Waals surface area (Å²) >= 11 is 0. The molecule has 0 aromatic carbocycles. The summed E-state index contributed by atoms with van der Waals surface area (Å²) in [7, 11) is 0. The second-order valence-corrected chi connectivity index (χ2v) is 1.71. The zero-order chi connectivity index (χ0) is 9.98. The van der Waals surface area contributed by atoms with E-state index in [1.165, 1.54) is 6.08 Å². The average molecular weight is 170 g/mol. The van der Waals surface area contributed by atoms with E-state index in [4.69, 9.17) is 0 Å². The number of rotatable bonds is 3. The largest absolute Gasteiger partial charge is 0.366 e. The molecule has 0 saturated heterocycles. The Morgan fingerprint density at radius 2 is 1.83 bits per heavy atom. The SMILES string of the molecule is C=CC(=O)NCC.C=CC(N)=O. The molecule has 0 saturated carbocycles. The third-order valence-electron chi connectivity index (χ3n) is 0.738. The first-order chi connectivity index (χ1) is 5.58. The van der Waals surface area contributed by atoms with Gasteiger partial charge >= 0.3 is 0 Å². The van der Waals surface area contributed by atoms with Crippen LogP contribution in [-0.2, 0) is 9.59 Å². The molecule has 0 aliphatic heterocycles. The van der Waals surface area contributed by atoms with E-state index in [1.807, 2.05) is 6.92 Å². The summed E-state index contributed by atoms with van der Waals surface area (Å²) in [6, 6.07) is 0. The first-order valence-electron chi connectivity index (χ1n) is 3.40. The maximum atomic E-state index is 10.2. The van der Waals surface area contributed by atoms with Gasteiger partial charge in [0.1, 0.15) is 0 Å². The summed E-state index contributed by atoms with van der Waals surface area (Å²) < 4.78 is 0. The molecule has 0 radical (unpaired) electrons. The molecule has 0 bridgehead atoms. The Kier molecular flexibility index (Phi) is 10.2. The Hall–Kier alpha value is -1.58. The number of carbonyl (C=O) groups excluding carboxylic acids is 2. The number of nitrogens with two attached hydrogens (primary N) is 1. The van der Waals surface area contributed by atoms with Gasteiger partial charge in [-0.15, -0.1) is 0 Å². The number of carbonyl (C=O) groups is 2. The van der Waals surface area contributed by atoms with Crippen molar-refractivity contribution in [2.24, 2.45) is 5.73 Å². The summed E-state index contributed by atoms with van der Waals surface area (Å²) in [5.74, 6) is -0.590. The fraction of sp³-hybridized carbons (Fsp3) is 0.250. The van der Waals surface area contributed by atoms with Gasteiger partial charge in [-0.25, -0.2) is 0 Å². The number of hydrogen-bond donors (Lipinski definition) is 2. The Labute approximate surface area is 72.1 Å². The molecule has 0 unspecified atom stereocenters. The summed E-state index contributed by atoms with van der Waals surface area (Å²) in [6.45, 7) is 8.89. The molecule has 0 aliphatic carbocycles. The highest BCUT2D eigenvalue weighted by molar-refractivity contribution is 5.86. The molecule has 0 spiro atoms. The van der Waals surface area contributed by atoms with E-state index in [2.05, 4.69) is 24.2 Å². The van der Waals surface area contributed by atoms with Crippen molar-refractivity contribution in [3.63, 3.8) is 0 Å². The molecule has 0 aromatic rings. The number of primary amides is 1. The topological polar surface area (TPSA) is 72.2 Å². The van der Waals surface area contributed by atoms with Gasteiger partial charge in [-0.05, 0) is 19.1 Å². The van der Waals surface area contributed by atoms with E-state index >= 15 is 0 Å². The first kappa shape index (κ1) is 13.0. The second kappa shape index (κ2) is 9.42. The predicted octanol–water partition coefficient (Wildman–Crippen LogP) is -0.0338. The molecule has 4 nitrogen and oxygen atoms in total. The highest BCUT2D eigenvalue weighted by atomic mass is 16.1. The van der Waals surface area contributed by atoms with E-state index < -0.39 is 5.91 Å². The van der Waals surface area contributed by atoms with E-state index in [0.29, 0.717) is 6.54 Å². The Morgan fingerprint density at radius 1 is 1.42 bits per heavy atom. The van der Waals surface area contributed by atoms with Crippen molar-refractivity contribution in [1.82, 2.24) is 5.32 Å². The quantitative estimate of drug-likeness (QED) is 0.583. The molecule has 0 atom stereocenters. The molecule has 12 heavy (non-hydrogen) atoms. The molecule has 3 N–H and O–H groups in total. The van der Waals surface area contributed by atoms with Gasteiger partial charge < -0.3 is 11.1 Å². The van der Waals surface area contributed by atoms with Crippen molar-refractivity contribution in [3.05, 3.63) is 25.3 Å². The number of nitrogens with one attached hydrogen (secondary N) is 1. The maximum absolute atomic E-state index is 10.2. The number of likely N-dealkylation sites (N-methyl/N-ethyl adjacent to an activating group) is 1. The highest BCUT2D eigenvalue weighted by Crippen LogP contribution is 1.61. The summed E-state index contributed by atoms with van der Waals surface area (Å²) in [4.78, 5) is 19.7. The minimum absolute atomic E-state index is 0.109. The van der Waals surface area contributed by atoms with Crippen molar-refractivity contribution < 1.29 is 9.59 Å². The van der Waals surface area contributed by atoms with Crippen LogP contribution in [0.4, 0.5) is 0 Å². The summed E-state index contributed by atoms with van der Waals surface area (Å²) in [6.07, 6.45) is 2.31. The third kappa shape index (κ3) is 15.8. The predicted molar refractivity (Wildman–Crippen MR) is 48.3 cm³/mol. The molecule has 2 amide bonds. The lowest BCUT2D eigenvalue weighted by molar-refractivity contribution is -0.116. The van der Waals surface area contributed by atoms with Crippen molar-refractivity contribution in [2.75, 3.05) is 6.54 Å². The third-order valence-corrected chi connectivity index (χ3v) is 0.738. The van der Waals surface area contributed by atoms with Gasteiger partial charge in [-0.1, -0.05) is 13.2 Å². The van der Waals surface area contributed by atoms with Crippen LogP contribution < -0.4 is 11.1 Å². The van der Waals surface area contributed by atoms with Gasteiger partial charge in [0.05, 0.1) is 0 Å². The van der Waals surface area contributed by atoms with Crippen LogP contribution in [0.1, 0.15) is 6.92 Å². The summed E-state index contributed by atoms with van der Waals surface area (Å²) in [5, 5.41) is 2.54. The highest BCUT2D eigenvalue weighted by Gasteiger charge is 1.83. The van der Waals surface area contributed by atoms with Crippen LogP contribution in [0.25, 0.3) is 0 Å². The van der Waals surface area contributed by atoms with Crippen molar-refractivity contribution in [2.45, 2.75) is 6.92 Å². The molecule has 68 valence electrons. The fourth-order valence-corrected chi connectivity index (χ4v) is 0.246. The van der Waals surface area contributed by atoms with E-state index in [-0.39, 0.29) is 5.91 Å². The zero-order valence-corrected chi connectivity index (χ0v) is 7.17. The van der Waals surface area contributed by atoms with Crippen LogP contribution >= 0.6 is 0 Å². The van der Waals surface area contributed by atoms with Gasteiger partial charge in [-0.2, -0.15) is 0 Å². The van der Waals surface area contributed by atoms with Gasteiger partial charge in [0.25, 0.3) is 0 Å². The molecule has 0 heterocycles. The van der Waals surface area contributed by atoms with Gasteiger partial charge in [0.15, 0.2) is 0 Å². The fourth-order valence-electron chi connectivity index (χ4n) is 0.246. The lowest BCUT2D eigenvalue weighted by Gasteiger charge is -1.90. The maximum Gasteiger partial charge on any atom is 0.243 e. The van der Waals surface area contributed by atoms with Gasteiger partial charge in [0, 0.05) is 6.54 Å². The Morgan fingerprint density at radius 3 is 1.92 bits per heavy atom. The van der Waals surface area contributed by atoms with Crippen LogP contribution in [0.2, 0.25) is 0 Å². The number of hydrogen-bond acceptors (Lipinski definition) is 2. The average Bonchev–Trinajstić information content (AvgIpc) is 2.06. The molecule has 0 aromatic heterocycles. The second-order valence-electron chi connectivity index (χ2n) is 1.71. The lowest BCUT2D eigenvalue weighted by Crippen LogP contribution is -2.19. The smallest absolute Gasteiger partial charge is 0.243 e. The zero-order valence-electron chi connectivity index (χ0n) is 7.17. The monoisotopic (exact) mass is 170 g/mol. The van der Waals surface area contributed by atoms with Crippen LogP contribution in [0.15, 0.2) is 25.3 Å². The van der Waals surface area contributed by atoms with Crippen LogP contribution in [-0.4, -0.2) is 18.4 Å². The molecule has 0 aliphatic rings. The van der Waals surface area contributed by atoms with Crippen LogP contribution in [0.3, 0.4) is 0 Å². The van der Waals surface area contributed by atoms with E-state index in [9.17, 15) is 9.59 Å². The lowest BCUT2D eigenvalue weighted by atomic mass is 10.6. The molecular formula is C8H14N2O2. The summed E-state index contributed by atoms with van der Waals surface area (Å²) in [5.41, 5.74) is 4.53. The normalized spacial score (nSPS) is 7.08. The van der Waals surface area contributed by atoms with E-state index in [1.54, 1.807) is 0 Å². The minimum Gasteiger partial charge on any atom is -0.366 e. The van der Waals surface area contributed by atoms with Crippen molar-refractivity contribution in [1.29, 1.82) is 0 Å². The minimum atomic E-state index is -0.481. The van der Waals surface area contributed by atoms with Crippen LogP contribution in [0, 0.1) is 0 Å². The van der Waals surface area contributed by atoms with Gasteiger partial charge in [0.2, 0.25) is 11.8 Å². The van der Waals surface area contributed by atoms with Gasteiger partial charge in [-0.3, -0.25) is 9.59 Å².